The second kappa shape index (κ2) is 9.10. The van der Waals surface area contributed by atoms with Crippen LogP contribution in [0, 0.1) is 0 Å². The topological polar surface area (TPSA) is 39.1 Å². The fourth-order valence-electron chi connectivity index (χ4n) is 2.40. The minimum absolute atomic E-state index is 0.190. The Bertz CT molecular complexity index is 332. The van der Waals surface area contributed by atoms with Crippen molar-refractivity contribution in [1.82, 2.24) is 14.9 Å². The largest absolute Gasteiger partial charge is 0.376 e. The molecule has 0 fully saturated rings. The molecule has 0 saturated carbocycles. The standard InChI is InChI=1S/C15H29N3O/c1-5-9-13(19-8-4)14(16-10-6-2)15-17-11-12-18(15)7-3/h11-14,16H,5-10H2,1-4H3. The smallest absolute Gasteiger partial charge is 0.128 e. The average molecular weight is 267 g/mol. The van der Waals surface area contributed by atoms with Crippen molar-refractivity contribution in [2.75, 3.05) is 13.2 Å². The third-order valence-corrected chi connectivity index (χ3v) is 3.31. The lowest BCUT2D eigenvalue weighted by Gasteiger charge is -2.28. The van der Waals surface area contributed by atoms with Gasteiger partial charge >= 0.3 is 0 Å². The third-order valence-electron chi connectivity index (χ3n) is 3.31. The molecule has 0 aromatic carbocycles. The van der Waals surface area contributed by atoms with Gasteiger partial charge in [0.05, 0.1) is 12.1 Å². The quantitative estimate of drug-likeness (QED) is 0.708. The van der Waals surface area contributed by atoms with Gasteiger partial charge in [0.15, 0.2) is 0 Å². The molecule has 0 amide bonds. The highest BCUT2D eigenvalue weighted by Gasteiger charge is 2.25. The number of hydrogen-bond acceptors (Lipinski definition) is 3. The summed E-state index contributed by atoms with van der Waals surface area (Å²) in [5, 5.41) is 3.61. The number of nitrogens with zero attached hydrogens (tertiary/aromatic N) is 2. The molecule has 0 saturated heterocycles. The summed E-state index contributed by atoms with van der Waals surface area (Å²) >= 11 is 0. The average Bonchev–Trinajstić information content (AvgIpc) is 2.88. The molecule has 110 valence electrons. The highest BCUT2D eigenvalue weighted by molar-refractivity contribution is 5.02. The molecule has 1 rings (SSSR count). The van der Waals surface area contributed by atoms with Crippen molar-refractivity contribution in [3.8, 4) is 0 Å². The van der Waals surface area contributed by atoms with E-state index in [4.69, 9.17) is 4.74 Å². The van der Waals surface area contributed by atoms with E-state index in [1.807, 2.05) is 12.4 Å². The summed E-state index contributed by atoms with van der Waals surface area (Å²) in [6, 6.07) is 0.190. The van der Waals surface area contributed by atoms with Crippen LogP contribution in [-0.2, 0) is 11.3 Å². The maximum Gasteiger partial charge on any atom is 0.128 e. The molecule has 19 heavy (non-hydrogen) atoms. The van der Waals surface area contributed by atoms with E-state index in [0.29, 0.717) is 0 Å². The van der Waals surface area contributed by atoms with E-state index in [2.05, 4.69) is 42.6 Å². The fraction of sp³-hybridized carbons (Fsp3) is 0.800. The van der Waals surface area contributed by atoms with E-state index in [1.165, 1.54) is 0 Å². The molecular weight excluding hydrogens is 238 g/mol. The Morgan fingerprint density at radius 1 is 1.26 bits per heavy atom. The molecule has 1 aromatic rings. The Hall–Kier alpha value is -0.870. The first-order valence-corrected chi connectivity index (χ1v) is 7.64. The van der Waals surface area contributed by atoms with Crippen molar-refractivity contribution in [3.63, 3.8) is 0 Å². The van der Waals surface area contributed by atoms with Crippen molar-refractivity contribution >= 4 is 0 Å². The maximum atomic E-state index is 5.95. The summed E-state index contributed by atoms with van der Waals surface area (Å²) in [5.41, 5.74) is 0. The van der Waals surface area contributed by atoms with Gasteiger partial charge in [0.25, 0.3) is 0 Å². The van der Waals surface area contributed by atoms with Gasteiger partial charge in [0.1, 0.15) is 5.82 Å². The summed E-state index contributed by atoms with van der Waals surface area (Å²) in [7, 11) is 0. The molecule has 1 aromatic heterocycles. The highest BCUT2D eigenvalue weighted by atomic mass is 16.5. The summed E-state index contributed by atoms with van der Waals surface area (Å²) in [6.07, 6.45) is 7.44. The Morgan fingerprint density at radius 2 is 2.05 bits per heavy atom. The molecule has 0 bridgehead atoms. The molecule has 1 heterocycles. The first-order valence-electron chi connectivity index (χ1n) is 7.64. The van der Waals surface area contributed by atoms with Crippen LogP contribution in [0.3, 0.4) is 0 Å². The second-order valence-corrected chi connectivity index (χ2v) is 4.79. The molecule has 0 aliphatic rings. The first kappa shape index (κ1) is 16.2. The first-order chi connectivity index (χ1) is 9.28. The predicted octanol–water partition coefficient (Wildman–Crippen LogP) is 3.15. The van der Waals surface area contributed by atoms with Crippen molar-refractivity contribution < 1.29 is 4.74 Å². The SMILES string of the molecule is CCCNC(c1nccn1CC)C(CCC)OCC. The van der Waals surface area contributed by atoms with E-state index in [1.54, 1.807) is 0 Å². The second-order valence-electron chi connectivity index (χ2n) is 4.79. The lowest BCUT2D eigenvalue weighted by atomic mass is 10.0. The molecule has 4 nitrogen and oxygen atoms in total. The molecule has 2 unspecified atom stereocenters. The number of rotatable bonds is 10. The molecule has 1 N–H and O–H groups in total. The van der Waals surface area contributed by atoms with Gasteiger partial charge in [-0.2, -0.15) is 0 Å². The van der Waals surface area contributed by atoms with Crippen molar-refractivity contribution in [2.24, 2.45) is 0 Å². The van der Waals surface area contributed by atoms with Crippen LogP contribution in [0.4, 0.5) is 0 Å². The Labute approximate surface area is 117 Å². The molecule has 0 aliphatic heterocycles. The van der Waals surface area contributed by atoms with Crippen LogP contribution in [0.1, 0.15) is 58.8 Å². The van der Waals surface area contributed by atoms with E-state index in [0.717, 1.165) is 44.8 Å². The number of imidazole rings is 1. The van der Waals surface area contributed by atoms with Gasteiger partial charge in [-0.1, -0.05) is 20.3 Å². The van der Waals surface area contributed by atoms with Crippen molar-refractivity contribution in [1.29, 1.82) is 0 Å². The molecule has 4 heteroatoms. The third kappa shape index (κ3) is 4.62. The van der Waals surface area contributed by atoms with Crippen LogP contribution in [-0.4, -0.2) is 28.8 Å². The maximum absolute atomic E-state index is 5.95. The van der Waals surface area contributed by atoms with E-state index in [9.17, 15) is 0 Å². The Morgan fingerprint density at radius 3 is 2.63 bits per heavy atom. The summed E-state index contributed by atoms with van der Waals surface area (Å²) in [4.78, 5) is 4.55. The Balaban J connectivity index is 2.90. The van der Waals surface area contributed by atoms with Gasteiger partial charge in [-0.25, -0.2) is 4.98 Å². The molecule has 0 spiro atoms. The van der Waals surface area contributed by atoms with E-state index in [-0.39, 0.29) is 12.1 Å². The van der Waals surface area contributed by atoms with Gasteiger partial charge in [0, 0.05) is 25.5 Å². The lowest BCUT2D eigenvalue weighted by molar-refractivity contribution is 0.0245. The Kier molecular flexibility index (Phi) is 7.75. The zero-order valence-corrected chi connectivity index (χ0v) is 12.9. The molecule has 0 aliphatic carbocycles. The number of nitrogens with one attached hydrogen (secondary N) is 1. The number of aromatic nitrogens is 2. The summed E-state index contributed by atoms with van der Waals surface area (Å²) in [5.74, 6) is 1.10. The van der Waals surface area contributed by atoms with Gasteiger partial charge < -0.3 is 14.6 Å². The minimum Gasteiger partial charge on any atom is -0.376 e. The highest BCUT2D eigenvalue weighted by Crippen LogP contribution is 2.22. The van der Waals surface area contributed by atoms with Crippen molar-refractivity contribution in [3.05, 3.63) is 18.2 Å². The number of ether oxygens (including phenoxy) is 1. The van der Waals surface area contributed by atoms with Crippen LogP contribution in [0.2, 0.25) is 0 Å². The normalized spacial score (nSPS) is 14.5. The van der Waals surface area contributed by atoms with E-state index < -0.39 is 0 Å². The zero-order chi connectivity index (χ0) is 14.1. The van der Waals surface area contributed by atoms with Crippen LogP contribution in [0.25, 0.3) is 0 Å². The van der Waals surface area contributed by atoms with Gasteiger partial charge in [-0.15, -0.1) is 0 Å². The monoisotopic (exact) mass is 267 g/mol. The summed E-state index contributed by atoms with van der Waals surface area (Å²) in [6.45, 7) is 11.3. The van der Waals surface area contributed by atoms with Gasteiger partial charge in [0.2, 0.25) is 0 Å². The van der Waals surface area contributed by atoms with Crippen LogP contribution in [0.5, 0.6) is 0 Å². The molecular formula is C15H29N3O. The predicted molar refractivity (Wildman–Crippen MR) is 79.3 cm³/mol. The minimum atomic E-state index is 0.190. The van der Waals surface area contributed by atoms with Crippen LogP contribution in [0.15, 0.2) is 12.4 Å². The number of hydrogen-bond donors (Lipinski definition) is 1. The van der Waals surface area contributed by atoms with Crippen LogP contribution >= 0.6 is 0 Å². The lowest BCUT2D eigenvalue weighted by Crippen LogP contribution is -2.36. The van der Waals surface area contributed by atoms with Gasteiger partial charge in [-0.05, 0) is 33.2 Å². The summed E-state index contributed by atoms with van der Waals surface area (Å²) < 4.78 is 8.15. The fourth-order valence-corrected chi connectivity index (χ4v) is 2.40. The van der Waals surface area contributed by atoms with Crippen molar-refractivity contribution in [2.45, 2.75) is 65.6 Å². The molecule has 2 atom stereocenters. The van der Waals surface area contributed by atoms with Gasteiger partial charge in [-0.3, -0.25) is 0 Å². The molecule has 0 radical (unpaired) electrons. The zero-order valence-electron chi connectivity index (χ0n) is 12.9. The van der Waals surface area contributed by atoms with E-state index >= 15 is 0 Å². The van der Waals surface area contributed by atoms with Crippen LogP contribution < -0.4 is 5.32 Å². The number of aryl methyl sites for hydroxylation is 1.